The van der Waals surface area contributed by atoms with Crippen molar-refractivity contribution < 1.29 is 14.3 Å². The molecule has 0 bridgehead atoms. The van der Waals surface area contributed by atoms with Crippen LogP contribution >= 0.6 is 0 Å². The highest BCUT2D eigenvalue weighted by molar-refractivity contribution is 5.97. The average molecular weight is 414 g/mol. The number of piperidine rings is 1. The molecule has 6 heteroatoms. The highest BCUT2D eigenvalue weighted by atomic mass is 16.4. The number of aromatic nitrogens is 1. The molecular weight excluding hydrogens is 392 g/mol. The summed E-state index contributed by atoms with van der Waals surface area (Å²) in [6.07, 6.45) is 0.926. The number of nitrogens with one attached hydrogen (secondary N) is 1. The van der Waals surface area contributed by atoms with Crippen LogP contribution in [0.15, 0.2) is 82.0 Å². The van der Waals surface area contributed by atoms with Gasteiger partial charge in [0.1, 0.15) is 0 Å². The number of hydrogen-bond acceptors (Lipinski definition) is 4. The number of aromatic amines is 1. The lowest BCUT2D eigenvalue weighted by Gasteiger charge is -2.38. The monoisotopic (exact) mass is 414 g/mol. The minimum Gasteiger partial charge on any atom is -0.408 e. The summed E-state index contributed by atoms with van der Waals surface area (Å²) >= 11 is 0. The van der Waals surface area contributed by atoms with Crippen LogP contribution in [0.1, 0.15) is 28.8 Å². The minimum atomic E-state index is -0.955. The Bertz CT molecular complexity index is 1280. The van der Waals surface area contributed by atoms with Crippen molar-refractivity contribution in [2.75, 3.05) is 13.1 Å². The first kappa shape index (κ1) is 19.3. The molecule has 5 rings (SSSR count). The van der Waals surface area contributed by atoms with Crippen LogP contribution in [-0.2, 0) is 5.60 Å². The van der Waals surface area contributed by atoms with Crippen LogP contribution in [0.5, 0.6) is 0 Å². The van der Waals surface area contributed by atoms with Crippen LogP contribution in [0.3, 0.4) is 0 Å². The third-order valence-corrected chi connectivity index (χ3v) is 6.08. The van der Waals surface area contributed by atoms with Crippen molar-refractivity contribution in [2.24, 2.45) is 0 Å². The van der Waals surface area contributed by atoms with Crippen LogP contribution in [-0.4, -0.2) is 34.0 Å². The Kier molecular flexibility index (Phi) is 4.71. The summed E-state index contributed by atoms with van der Waals surface area (Å²) in [5.41, 5.74) is 3.55. The predicted octanol–water partition coefficient (Wildman–Crippen LogP) is 3.91. The Morgan fingerprint density at radius 3 is 2.32 bits per heavy atom. The zero-order valence-electron chi connectivity index (χ0n) is 16.9. The molecule has 1 saturated heterocycles. The number of hydrogen-bond donors (Lipinski definition) is 2. The van der Waals surface area contributed by atoms with Gasteiger partial charge in [-0.3, -0.25) is 9.78 Å². The predicted molar refractivity (Wildman–Crippen MR) is 118 cm³/mol. The van der Waals surface area contributed by atoms with E-state index in [1.807, 2.05) is 42.5 Å². The molecule has 1 aromatic heterocycles. The largest absolute Gasteiger partial charge is 0.417 e. The van der Waals surface area contributed by atoms with Crippen molar-refractivity contribution in [2.45, 2.75) is 18.4 Å². The van der Waals surface area contributed by atoms with Gasteiger partial charge in [0.05, 0.1) is 11.1 Å². The second kappa shape index (κ2) is 7.56. The number of amides is 1. The minimum absolute atomic E-state index is 0.132. The molecule has 2 heterocycles. The molecule has 3 aromatic carbocycles. The van der Waals surface area contributed by atoms with Crippen molar-refractivity contribution in [1.29, 1.82) is 0 Å². The lowest BCUT2D eigenvalue weighted by molar-refractivity contribution is -0.0211. The summed E-state index contributed by atoms with van der Waals surface area (Å²) in [4.78, 5) is 28.5. The van der Waals surface area contributed by atoms with Crippen molar-refractivity contribution in [3.8, 4) is 11.1 Å². The quantitative estimate of drug-likeness (QED) is 0.532. The Morgan fingerprint density at radius 2 is 1.61 bits per heavy atom. The first-order valence-corrected chi connectivity index (χ1v) is 10.3. The van der Waals surface area contributed by atoms with Crippen molar-refractivity contribution >= 4 is 17.0 Å². The molecule has 1 amide bonds. The third kappa shape index (κ3) is 3.66. The van der Waals surface area contributed by atoms with E-state index < -0.39 is 11.4 Å². The number of carbonyl (C=O) groups is 1. The molecule has 1 aliphatic heterocycles. The average Bonchev–Trinajstić information content (AvgIpc) is 3.19. The first-order chi connectivity index (χ1) is 15.0. The van der Waals surface area contributed by atoms with E-state index in [0.717, 1.165) is 16.7 Å². The van der Waals surface area contributed by atoms with Gasteiger partial charge in [-0.2, -0.15) is 0 Å². The number of aliphatic hydroxyl groups is 1. The summed E-state index contributed by atoms with van der Waals surface area (Å²) < 4.78 is 5.06. The normalized spacial score (nSPS) is 15.8. The molecule has 6 nitrogen and oxygen atoms in total. The highest BCUT2D eigenvalue weighted by Crippen LogP contribution is 2.34. The number of H-pyrrole nitrogens is 1. The molecular formula is C25H22N2O4. The number of carbonyl (C=O) groups excluding carboxylic acids is 1. The summed E-state index contributed by atoms with van der Waals surface area (Å²) in [5.74, 6) is -0.673. The number of benzene rings is 3. The smallest absolute Gasteiger partial charge is 0.408 e. The molecule has 1 fully saturated rings. The number of rotatable bonds is 3. The molecule has 156 valence electrons. The van der Waals surface area contributed by atoms with E-state index >= 15 is 0 Å². The fraction of sp³-hybridized carbons (Fsp3) is 0.200. The molecule has 0 spiro atoms. The van der Waals surface area contributed by atoms with E-state index in [2.05, 4.69) is 17.1 Å². The molecule has 2 N–H and O–H groups in total. The zero-order chi connectivity index (χ0) is 21.4. The Balaban J connectivity index is 1.29. The van der Waals surface area contributed by atoms with E-state index in [4.69, 9.17) is 4.42 Å². The Hall–Kier alpha value is -3.64. The van der Waals surface area contributed by atoms with Crippen LogP contribution < -0.4 is 5.76 Å². The highest BCUT2D eigenvalue weighted by Gasteiger charge is 2.35. The van der Waals surface area contributed by atoms with Crippen LogP contribution in [0.25, 0.3) is 22.2 Å². The number of fused-ring (bicyclic) bond motifs is 1. The van der Waals surface area contributed by atoms with Gasteiger partial charge in [-0.25, -0.2) is 4.79 Å². The number of oxazole rings is 1. The van der Waals surface area contributed by atoms with E-state index in [-0.39, 0.29) is 5.91 Å². The van der Waals surface area contributed by atoms with Gasteiger partial charge in [0.25, 0.3) is 5.91 Å². The summed E-state index contributed by atoms with van der Waals surface area (Å²) in [6.45, 7) is 0.899. The number of nitrogens with zero attached hydrogens (tertiary/aromatic N) is 1. The second-order valence-corrected chi connectivity index (χ2v) is 7.99. The van der Waals surface area contributed by atoms with E-state index in [9.17, 15) is 14.7 Å². The van der Waals surface area contributed by atoms with E-state index in [0.29, 0.717) is 42.6 Å². The summed E-state index contributed by atoms with van der Waals surface area (Å²) in [5, 5.41) is 11.2. The van der Waals surface area contributed by atoms with Gasteiger partial charge in [-0.05, 0) is 47.7 Å². The lowest BCUT2D eigenvalue weighted by atomic mass is 9.83. The van der Waals surface area contributed by atoms with Gasteiger partial charge >= 0.3 is 5.76 Å². The van der Waals surface area contributed by atoms with Gasteiger partial charge in [0, 0.05) is 18.7 Å². The Morgan fingerprint density at radius 1 is 0.935 bits per heavy atom. The summed E-state index contributed by atoms with van der Waals surface area (Å²) in [7, 11) is 0. The molecule has 0 aliphatic carbocycles. The molecule has 0 unspecified atom stereocenters. The van der Waals surface area contributed by atoms with E-state index in [1.54, 1.807) is 23.1 Å². The van der Waals surface area contributed by atoms with Gasteiger partial charge in [-0.15, -0.1) is 0 Å². The zero-order valence-corrected chi connectivity index (χ0v) is 16.9. The van der Waals surface area contributed by atoms with Gasteiger partial charge in [0.15, 0.2) is 5.58 Å². The molecule has 1 aliphatic rings. The van der Waals surface area contributed by atoms with Crippen molar-refractivity contribution in [1.82, 2.24) is 9.88 Å². The van der Waals surface area contributed by atoms with Crippen molar-refractivity contribution in [3.63, 3.8) is 0 Å². The maximum atomic E-state index is 12.9. The van der Waals surface area contributed by atoms with E-state index in [1.165, 1.54) is 0 Å². The van der Waals surface area contributed by atoms with Crippen LogP contribution in [0, 0.1) is 0 Å². The van der Waals surface area contributed by atoms with Gasteiger partial charge in [-0.1, -0.05) is 54.6 Å². The molecule has 0 radical (unpaired) electrons. The van der Waals surface area contributed by atoms with Crippen LogP contribution in [0.2, 0.25) is 0 Å². The first-order valence-electron chi connectivity index (χ1n) is 10.3. The maximum absolute atomic E-state index is 12.9. The molecule has 0 atom stereocenters. The SMILES string of the molecule is O=C(c1ccc2[nH]c(=O)oc2c1)N1CCC(O)(c2ccc(-c3ccccc3)cc2)CC1. The molecule has 31 heavy (non-hydrogen) atoms. The van der Waals surface area contributed by atoms with Gasteiger partial charge in [0.2, 0.25) is 0 Å². The lowest BCUT2D eigenvalue weighted by Crippen LogP contribution is -2.45. The fourth-order valence-electron chi connectivity index (χ4n) is 4.23. The fourth-order valence-corrected chi connectivity index (χ4v) is 4.23. The second-order valence-electron chi connectivity index (χ2n) is 7.99. The summed E-state index contributed by atoms with van der Waals surface area (Å²) in [6, 6.07) is 23.1. The maximum Gasteiger partial charge on any atom is 0.417 e. The topological polar surface area (TPSA) is 86.5 Å². The third-order valence-electron chi connectivity index (χ3n) is 6.08. The standard InChI is InChI=1S/C25H22N2O4/c28-23(19-8-11-21-22(16-19)31-24(29)26-21)27-14-12-25(30,13-15-27)20-9-6-18(7-10-20)17-4-2-1-3-5-17/h1-11,16,30H,12-15H2,(H,26,29). The van der Waals surface area contributed by atoms with Gasteiger partial charge < -0.3 is 14.4 Å². The Labute approximate surface area is 178 Å². The van der Waals surface area contributed by atoms with Crippen molar-refractivity contribution in [3.05, 3.63) is 94.5 Å². The molecule has 4 aromatic rings. The number of likely N-dealkylation sites (tertiary alicyclic amines) is 1. The molecule has 0 saturated carbocycles. The van der Waals surface area contributed by atoms with Crippen LogP contribution in [0.4, 0.5) is 0 Å².